The summed E-state index contributed by atoms with van der Waals surface area (Å²) in [6.45, 7) is 0.757. The Morgan fingerprint density at radius 1 is 0.944 bits per heavy atom. The molecule has 182 valence electrons. The van der Waals surface area contributed by atoms with Gasteiger partial charge in [-0.2, -0.15) is 0 Å². The maximum Gasteiger partial charge on any atom is 0.183 e. The normalized spacial score (nSPS) is 17.4. The van der Waals surface area contributed by atoms with E-state index in [0.29, 0.717) is 5.92 Å². The minimum atomic E-state index is -1.22. The van der Waals surface area contributed by atoms with E-state index in [-0.39, 0.29) is 11.7 Å². The fourth-order valence-corrected chi connectivity index (χ4v) is 5.98. The van der Waals surface area contributed by atoms with Crippen molar-refractivity contribution in [3.05, 3.63) is 84.8 Å². The molecule has 0 atom stereocenters. The molecule has 0 aliphatic heterocycles. The van der Waals surface area contributed by atoms with Gasteiger partial charge in [0.1, 0.15) is 5.82 Å². The van der Waals surface area contributed by atoms with Crippen LogP contribution in [0.3, 0.4) is 0 Å². The highest BCUT2D eigenvalue weighted by Crippen LogP contribution is 2.43. The minimum Gasteiger partial charge on any atom is -0.368 e. The van der Waals surface area contributed by atoms with Gasteiger partial charge in [-0.05, 0) is 54.2 Å². The van der Waals surface area contributed by atoms with E-state index in [2.05, 4.69) is 46.7 Å². The largest absolute Gasteiger partial charge is 0.368 e. The van der Waals surface area contributed by atoms with Crippen LogP contribution in [0.1, 0.15) is 12.8 Å². The van der Waals surface area contributed by atoms with Gasteiger partial charge in [0.05, 0.1) is 10.6 Å². The third-order valence-corrected chi connectivity index (χ3v) is 8.08. The number of fused-ring (bicyclic) bond motifs is 1. The highest BCUT2D eigenvalue weighted by Gasteiger charge is 2.33. The number of nitrogens with zero attached hydrogens (tertiary/aromatic N) is 1. The van der Waals surface area contributed by atoms with Crippen LogP contribution in [0.4, 0.5) is 9.52 Å². The van der Waals surface area contributed by atoms with Crippen LogP contribution in [0.15, 0.2) is 79.0 Å². The molecular formula is C29H26FN3O2S. The summed E-state index contributed by atoms with van der Waals surface area (Å²) in [4.78, 5) is 9.38. The molecule has 0 bridgehead atoms. The highest BCUT2D eigenvalue weighted by molar-refractivity contribution is 7.19. The summed E-state index contributed by atoms with van der Waals surface area (Å²) in [6, 6.07) is 23.1. The third-order valence-electron chi connectivity index (χ3n) is 7.04. The first kappa shape index (κ1) is 22.9. The molecule has 1 fully saturated rings. The molecule has 2 aromatic heterocycles. The maximum absolute atomic E-state index is 13.3. The van der Waals surface area contributed by atoms with E-state index in [1.807, 2.05) is 18.3 Å². The first-order valence-corrected chi connectivity index (χ1v) is 12.9. The van der Waals surface area contributed by atoms with E-state index < -0.39 is 6.29 Å². The Hall–Kier alpha value is -3.52. The highest BCUT2D eigenvalue weighted by atomic mass is 32.1. The van der Waals surface area contributed by atoms with Crippen molar-refractivity contribution in [3.63, 3.8) is 0 Å². The third kappa shape index (κ3) is 4.41. The standard InChI is InChI=1S/C29H26FN3O2S/c30-22-10-8-19(9-11-22)18-4-6-20(7-5-18)26-27(24-2-1-3-25-23(24)12-13-31-25)36-29(33-26)32-16-17-14-21(15-17)28(34)35/h1-13,17,21,28,31,34-35H,14-16H2,(H,32,33). The van der Waals surface area contributed by atoms with Crippen molar-refractivity contribution < 1.29 is 14.6 Å². The summed E-state index contributed by atoms with van der Waals surface area (Å²) in [5.74, 6) is 0.145. The van der Waals surface area contributed by atoms with Gasteiger partial charge in [-0.1, -0.05) is 59.9 Å². The molecule has 0 unspecified atom stereocenters. The van der Waals surface area contributed by atoms with Crippen molar-refractivity contribution >= 4 is 27.4 Å². The van der Waals surface area contributed by atoms with Crippen molar-refractivity contribution in [2.45, 2.75) is 19.1 Å². The number of nitrogens with one attached hydrogen (secondary N) is 2. The van der Waals surface area contributed by atoms with Crippen LogP contribution in [0, 0.1) is 17.7 Å². The molecule has 1 aliphatic rings. The average Bonchev–Trinajstić information content (AvgIpc) is 3.51. The number of halogens is 1. The summed E-state index contributed by atoms with van der Waals surface area (Å²) in [6.07, 6.45) is 2.35. The van der Waals surface area contributed by atoms with E-state index in [9.17, 15) is 14.6 Å². The fourth-order valence-electron chi connectivity index (χ4n) is 4.95. The predicted octanol–water partition coefficient (Wildman–Crippen LogP) is 6.51. The first-order chi connectivity index (χ1) is 17.5. The van der Waals surface area contributed by atoms with Crippen molar-refractivity contribution in [1.29, 1.82) is 0 Å². The smallest absolute Gasteiger partial charge is 0.183 e. The Morgan fingerprint density at radius 3 is 2.36 bits per heavy atom. The molecule has 1 saturated carbocycles. The van der Waals surface area contributed by atoms with Crippen LogP contribution >= 0.6 is 11.3 Å². The number of aliphatic hydroxyl groups is 2. The lowest BCUT2D eigenvalue weighted by Crippen LogP contribution is -2.36. The minimum absolute atomic E-state index is 0.0231. The van der Waals surface area contributed by atoms with Crippen LogP contribution in [-0.4, -0.2) is 33.0 Å². The van der Waals surface area contributed by atoms with Gasteiger partial charge in [0.2, 0.25) is 0 Å². The molecule has 3 aromatic carbocycles. The zero-order valence-corrected chi connectivity index (χ0v) is 20.3. The van der Waals surface area contributed by atoms with Gasteiger partial charge in [-0.15, -0.1) is 0 Å². The lowest BCUT2D eigenvalue weighted by molar-refractivity contribution is -0.118. The number of benzene rings is 3. The van der Waals surface area contributed by atoms with E-state index in [1.165, 1.54) is 12.1 Å². The summed E-state index contributed by atoms with van der Waals surface area (Å²) in [5, 5.41) is 24.2. The van der Waals surface area contributed by atoms with Gasteiger partial charge in [0.15, 0.2) is 11.4 Å². The van der Waals surface area contributed by atoms with E-state index >= 15 is 0 Å². The van der Waals surface area contributed by atoms with Crippen LogP contribution in [0.2, 0.25) is 0 Å². The molecule has 7 heteroatoms. The molecule has 0 radical (unpaired) electrons. The molecule has 5 nitrogen and oxygen atoms in total. The zero-order valence-electron chi connectivity index (χ0n) is 19.5. The topological polar surface area (TPSA) is 81.2 Å². The number of aromatic amines is 1. The molecule has 4 N–H and O–H groups in total. The number of aromatic nitrogens is 2. The first-order valence-electron chi connectivity index (χ1n) is 12.1. The fraction of sp³-hybridized carbons (Fsp3) is 0.207. The Kier molecular flexibility index (Phi) is 6.05. The van der Waals surface area contributed by atoms with Crippen molar-refractivity contribution in [3.8, 4) is 32.8 Å². The van der Waals surface area contributed by atoms with Gasteiger partial charge >= 0.3 is 0 Å². The van der Waals surface area contributed by atoms with Gasteiger partial charge in [0, 0.05) is 40.7 Å². The molecule has 6 rings (SSSR count). The number of aliphatic hydroxyl groups excluding tert-OH is 1. The van der Waals surface area contributed by atoms with Crippen LogP contribution in [0.5, 0.6) is 0 Å². The Bertz CT molecular complexity index is 1490. The van der Waals surface area contributed by atoms with Crippen molar-refractivity contribution in [1.82, 2.24) is 9.97 Å². The van der Waals surface area contributed by atoms with Crippen LogP contribution in [-0.2, 0) is 0 Å². The number of hydrogen-bond acceptors (Lipinski definition) is 5. The quantitative estimate of drug-likeness (QED) is 0.192. The SMILES string of the molecule is OC(O)C1CC(CNc2nc(-c3ccc(-c4ccc(F)cc4)cc3)c(-c3cccc4[nH]ccc34)s2)C1. The van der Waals surface area contributed by atoms with Gasteiger partial charge < -0.3 is 20.5 Å². The second kappa shape index (κ2) is 9.50. The number of anilines is 1. The van der Waals surface area contributed by atoms with Gasteiger partial charge in [-0.25, -0.2) is 9.37 Å². The van der Waals surface area contributed by atoms with Crippen LogP contribution < -0.4 is 5.32 Å². The summed E-state index contributed by atoms with van der Waals surface area (Å²) >= 11 is 1.63. The summed E-state index contributed by atoms with van der Waals surface area (Å²) < 4.78 is 13.3. The Morgan fingerprint density at radius 2 is 1.64 bits per heavy atom. The van der Waals surface area contributed by atoms with Gasteiger partial charge in [-0.3, -0.25) is 0 Å². The van der Waals surface area contributed by atoms with Gasteiger partial charge in [0.25, 0.3) is 0 Å². The molecule has 0 saturated heterocycles. The molecular weight excluding hydrogens is 473 g/mol. The van der Waals surface area contributed by atoms with E-state index in [1.54, 1.807) is 23.5 Å². The predicted molar refractivity (Wildman–Crippen MR) is 143 cm³/mol. The van der Waals surface area contributed by atoms with Crippen LogP contribution in [0.25, 0.3) is 43.7 Å². The molecule has 2 heterocycles. The Labute approximate surface area is 212 Å². The molecule has 36 heavy (non-hydrogen) atoms. The second-order valence-corrected chi connectivity index (χ2v) is 10.4. The summed E-state index contributed by atoms with van der Waals surface area (Å²) in [5.41, 5.74) is 6.12. The maximum atomic E-state index is 13.3. The van der Waals surface area contributed by atoms with Crippen molar-refractivity contribution in [2.24, 2.45) is 11.8 Å². The van der Waals surface area contributed by atoms with Crippen molar-refractivity contribution in [2.75, 3.05) is 11.9 Å². The molecule has 0 amide bonds. The number of hydrogen-bond donors (Lipinski definition) is 4. The zero-order chi connectivity index (χ0) is 24.6. The number of H-pyrrole nitrogens is 1. The summed E-state index contributed by atoms with van der Waals surface area (Å²) in [7, 11) is 0. The second-order valence-electron chi connectivity index (χ2n) is 9.42. The lowest BCUT2D eigenvalue weighted by Gasteiger charge is -2.36. The number of rotatable bonds is 7. The Balaban J connectivity index is 1.33. The van der Waals surface area contributed by atoms with E-state index in [4.69, 9.17) is 4.98 Å². The number of thiazole rings is 1. The molecule has 0 spiro atoms. The monoisotopic (exact) mass is 499 g/mol. The lowest BCUT2D eigenvalue weighted by atomic mass is 9.74. The molecule has 1 aliphatic carbocycles. The molecule has 5 aromatic rings. The van der Waals surface area contributed by atoms with E-state index in [0.717, 1.165) is 68.2 Å². The average molecular weight is 500 g/mol.